The van der Waals surface area contributed by atoms with Crippen molar-refractivity contribution in [1.29, 1.82) is 0 Å². The second-order valence-corrected chi connectivity index (χ2v) is 10.2. The van der Waals surface area contributed by atoms with Crippen LogP contribution in [0.4, 0.5) is 0 Å². The lowest BCUT2D eigenvalue weighted by Crippen LogP contribution is -2.29. The van der Waals surface area contributed by atoms with Crippen LogP contribution in [0.25, 0.3) is 33.7 Å². The number of para-hydroxylation sites is 2. The first kappa shape index (κ1) is 25.9. The van der Waals surface area contributed by atoms with Gasteiger partial charge in [0.1, 0.15) is 5.69 Å². The Balaban J connectivity index is 2.07. The monoisotopic (exact) mass is 505 g/mol. The van der Waals surface area contributed by atoms with Crippen molar-refractivity contribution < 1.29 is 14.3 Å². The molecular formula is C29H32ClN3O3. The van der Waals surface area contributed by atoms with Crippen molar-refractivity contribution in [2.45, 2.75) is 59.8 Å². The van der Waals surface area contributed by atoms with Crippen LogP contribution in [-0.2, 0) is 20.8 Å². The summed E-state index contributed by atoms with van der Waals surface area (Å²) >= 11 is 6.22. The molecule has 0 aliphatic carbocycles. The van der Waals surface area contributed by atoms with Crippen molar-refractivity contribution in [2.24, 2.45) is 0 Å². The minimum Gasteiger partial charge on any atom is -0.467 e. The summed E-state index contributed by atoms with van der Waals surface area (Å²) in [5.74, 6) is 0.311. The molecule has 0 fully saturated rings. The van der Waals surface area contributed by atoms with Gasteiger partial charge < -0.3 is 14.0 Å². The number of pyridine rings is 1. The second kappa shape index (κ2) is 10.0. The van der Waals surface area contributed by atoms with Gasteiger partial charge in [-0.05, 0) is 82.5 Å². The number of fused-ring (bicyclic) bond motifs is 1. The normalized spacial score (nSPS) is 12.7. The summed E-state index contributed by atoms with van der Waals surface area (Å²) in [6.45, 7) is 12.5. The Labute approximate surface area is 217 Å². The summed E-state index contributed by atoms with van der Waals surface area (Å²) in [6, 6.07) is 15.7. The largest absolute Gasteiger partial charge is 0.467 e. The van der Waals surface area contributed by atoms with E-state index in [1.807, 2.05) is 77.1 Å². The quantitative estimate of drug-likeness (QED) is 0.262. The van der Waals surface area contributed by atoms with Crippen LogP contribution in [0.2, 0.25) is 5.02 Å². The van der Waals surface area contributed by atoms with Gasteiger partial charge in [0.25, 0.3) is 0 Å². The molecule has 6 nitrogen and oxygen atoms in total. The molecule has 188 valence electrons. The number of benzene rings is 2. The lowest BCUT2D eigenvalue weighted by atomic mass is 9.89. The minimum absolute atomic E-state index is 0.474. The third-order valence-electron chi connectivity index (χ3n) is 6.13. The summed E-state index contributed by atoms with van der Waals surface area (Å²) in [5, 5.41) is 0.632. The lowest BCUT2D eigenvalue weighted by molar-refractivity contribution is -0.164. The van der Waals surface area contributed by atoms with Gasteiger partial charge in [0.05, 0.1) is 23.7 Å². The van der Waals surface area contributed by atoms with Crippen LogP contribution >= 0.6 is 11.6 Å². The molecule has 2 heterocycles. The Bertz CT molecular complexity index is 1420. The van der Waals surface area contributed by atoms with E-state index in [4.69, 9.17) is 31.0 Å². The van der Waals surface area contributed by atoms with E-state index >= 15 is 0 Å². The molecule has 0 aliphatic rings. The highest BCUT2D eigenvalue weighted by Crippen LogP contribution is 2.41. The van der Waals surface area contributed by atoms with Crippen molar-refractivity contribution >= 4 is 28.6 Å². The zero-order valence-electron chi connectivity index (χ0n) is 21.8. The number of ether oxygens (including phenoxy) is 2. The maximum Gasteiger partial charge on any atom is 0.339 e. The first-order valence-electron chi connectivity index (χ1n) is 12.0. The molecular weight excluding hydrogens is 474 g/mol. The van der Waals surface area contributed by atoms with Crippen molar-refractivity contribution in [3.8, 4) is 22.6 Å². The van der Waals surface area contributed by atoms with Crippen molar-refractivity contribution in [2.75, 3.05) is 7.11 Å². The standard InChI is InChI=1S/C29H32ClN3O3/c1-8-33-22-12-10-9-11-21(22)32-27(33)25-17(2)23(19-13-15-20(30)16-14-19)24(18(3)31-25)26(28(34)35-7)36-29(4,5)6/h9-16,26H,8H2,1-7H3. The number of halogens is 1. The van der Waals surface area contributed by atoms with Gasteiger partial charge in [-0.3, -0.25) is 0 Å². The van der Waals surface area contributed by atoms with Gasteiger partial charge in [-0.15, -0.1) is 0 Å². The molecule has 0 radical (unpaired) electrons. The number of carbonyl (C=O) groups is 1. The zero-order chi connectivity index (χ0) is 26.2. The number of hydrogen-bond acceptors (Lipinski definition) is 5. The van der Waals surface area contributed by atoms with E-state index in [0.717, 1.165) is 45.8 Å². The molecule has 1 unspecified atom stereocenters. The molecule has 36 heavy (non-hydrogen) atoms. The fourth-order valence-corrected chi connectivity index (χ4v) is 4.73. The van der Waals surface area contributed by atoms with E-state index in [1.54, 1.807) is 0 Å². The SMILES string of the molecule is CCn1c(-c2nc(C)c(C(OC(C)(C)C)C(=O)OC)c(-c3ccc(Cl)cc3)c2C)nc2ccccc21. The lowest BCUT2D eigenvalue weighted by Gasteiger charge is -2.29. The number of esters is 1. The van der Waals surface area contributed by atoms with E-state index in [9.17, 15) is 4.79 Å². The van der Waals surface area contributed by atoms with Crippen LogP contribution in [0, 0.1) is 13.8 Å². The summed E-state index contributed by atoms with van der Waals surface area (Å²) < 4.78 is 13.6. The zero-order valence-corrected chi connectivity index (χ0v) is 22.6. The van der Waals surface area contributed by atoms with Crippen molar-refractivity contribution in [3.05, 3.63) is 70.4 Å². The van der Waals surface area contributed by atoms with Crippen molar-refractivity contribution in [3.63, 3.8) is 0 Å². The average Bonchev–Trinajstić information content (AvgIpc) is 3.21. The molecule has 2 aromatic carbocycles. The van der Waals surface area contributed by atoms with Gasteiger partial charge in [-0.2, -0.15) is 0 Å². The summed E-state index contributed by atoms with van der Waals surface area (Å²) in [5.41, 5.74) is 6.16. The van der Waals surface area contributed by atoms with Crippen LogP contribution in [0.1, 0.15) is 50.6 Å². The minimum atomic E-state index is -0.953. The average molecular weight is 506 g/mol. The van der Waals surface area contributed by atoms with Crippen LogP contribution < -0.4 is 0 Å². The van der Waals surface area contributed by atoms with E-state index in [2.05, 4.69) is 17.6 Å². The molecule has 4 aromatic rings. The summed E-state index contributed by atoms with van der Waals surface area (Å²) in [4.78, 5) is 23.0. The molecule has 0 aliphatic heterocycles. The van der Waals surface area contributed by atoms with Crippen LogP contribution in [0.5, 0.6) is 0 Å². The molecule has 4 rings (SSSR count). The molecule has 0 amide bonds. The number of imidazole rings is 1. The Morgan fingerprint density at radius 2 is 1.72 bits per heavy atom. The molecule has 0 bridgehead atoms. The number of carbonyl (C=O) groups excluding carboxylic acids is 1. The van der Waals surface area contributed by atoms with E-state index in [0.29, 0.717) is 16.3 Å². The van der Waals surface area contributed by atoms with E-state index in [1.165, 1.54) is 7.11 Å². The molecule has 0 N–H and O–H groups in total. The maximum absolute atomic E-state index is 13.1. The Hall–Kier alpha value is -3.22. The third kappa shape index (κ3) is 4.88. The number of aromatic nitrogens is 3. The highest BCUT2D eigenvalue weighted by atomic mass is 35.5. The first-order valence-corrected chi connectivity index (χ1v) is 12.4. The number of hydrogen-bond donors (Lipinski definition) is 0. The van der Waals surface area contributed by atoms with Gasteiger partial charge in [0, 0.05) is 22.8 Å². The van der Waals surface area contributed by atoms with E-state index in [-0.39, 0.29) is 0 Å². The van der Waals surface area contributed by atoms with Crippen molar-refractivity contribution in [1.82, 2.24) is 14.5 Å². The number of rotatable bonds is 6. The van der Waals surface area contributed by atoms with Gasteiger partial charge in [-0.25, -0.2) is 14.8 Å². The smallest absolute Gasteiger partial charge is 0.339 e. The van der Waals surface area contributed by atoms with Gasteiger partial charge in [0.2, 0.25) is 0 Å². The maximum atomic E-state index is 13.1. The predicted octanol–water partition coefficient (Wildman–Crippen LogP) is 7.08. The molecule has 0 spiro atoms. The highest BCUT2D eigenvalue weighted by molar-refractivity contribution is 6.30. The van der Waals surface area contributed by atoms with Gasteiger partial charge >= 0.3 is 5.97 Å². The number of nitrogens with zero attached hydrogens (tertiary/aromatic N) is 3. The molecule has 7 heteroatoms. The topological polar surface area (TPSA) is 66.2 Å². The Kier molecular flexibility index (Phi) is 7.21. The fourth-order valence-electron chi connectivity index (χ4n) is 4.60. The summed E-state index contributed by atoms with van der Waals surface area (Å²) in [7, 11) is 1.37. The van der Waals surface area contributed by atoms with Crippen LogP contribution in [0.15, 0.2) is 48.5 Å². The molecule has 0 saturated carbocycles. The Morgan fingerprint density at radius 3 is 2.33 bits per heavy atom. The summed E-state index contributed by atoms with van der Waals surface area (Å²) in [6.07, 6.45) is -0.953. The van der Waals surface area contributed by atoms with Gasteiger partial charge in [0.15, 0.2) is 11.9 Å². The Morgan fingerprint density at radius 1 is 1.06 bits per heavy atom. The number of methoxy groups -OCH3 is 1. The predicted molar refractivity (Wildman–Crippen MR) is 144 cm³/mol. The fraction of sp³-hybridized carbons (Fsp3) is 0.345. The van der Waals surface area contributed by atoms with Gasteiger partial charge in [-0.1, -0.05) is 35.9 Å². The molecule has 0 saturated heterocycles. The second-order valence-electron chi connectivity index (χ2n) is 9.77. The number of aryl methyl sites for hydroxylation is 2. The molecule has 2 aromatic heterocycles. The van der Waals surface area contributed by atoms with Crippen LogP contribution in [0.3, 0.4) is 0 Å². The first-order chi connectivity index (χ1) is 17.1. The highest BCUT2D eigenvalue weighted by Gasteiger charge is 2.34. The third-order valence-corrected chi connectivity index (χ3v) is 6.39. The van der Waals surface area contributed by atoms with Crippen LogP contribution in [-0.4, -0.2) is 33.2 Å². The van der Waals surface area contributed by atoms with E-state index < -0.39 is 17.7 Å². The molecule has 1 atom stereocenters.